The monoisotopic (exact) mass is 331 g/mol. The summed E-state index contributed by atoms with van der Waals surface area (Å²) in [7, 11) is 0. The summed E-state index contributed by atoms with van der Waals surface area (Å²) in [6, 6.07) is 7.96. The topological polar surface area (TPSA) is 40.5 Å². The number of likely N-dealkylation sites (tertiary alicyclic amines) is 1. The van der Waals surface area contributed by atoms with Crippen LogP contribution in [0.4, 0.5) is 0 Å². The second kappa shape index (κ2) is 5.14. The molecule has 0 unspecified atom stereocenters. The first-order chi connectivity index (χ1) is 7.66. The first kappa shape index (κ1) is 11.9. The van der Waals surface area contributed by atoms with Gasteiger partial charge in [-0.1, -0.05) is 12.1 Å². The van der Waals surface area contributed by atoms with Gasteiger partial charge in [0, 0.05) is 10.1 Å². The molecule has 1 fully saturated rings. The maximum atomic E-state index is 11.0. The summed E-state index contributed by atoms with van der Waals surface area (Å²) < 4.78 is 1.21. The molecule has 86 valence electrons. The summed E-state index contributed by atoms with van der Waals surface area (Å²) in [5.74, 6) is -0.692. The third-order valence-corrected chi connectivity index (χ3v) is 3.67. The molecule has 1 aliphatic rings. The maximum Gasteiger partial charge on any atom is 0.320 e. The molecule has 0 aromatic heterocycles. The van der Waals surface area contributed by atoms with Gasteiger partial charge in [-0.3, -0.25) is 9.69 Å². The number of benzene rings is 1. The lowest BCUT2D eigenvalue weighted by molar-refractivity contribution is -0.142. The van der Waals surface area contributed by atoms with Gasteiger partial charge in [-0.05, 0) is 59.7 Å². The maximum absolute atomic E-state index is 11.0. The van der Waals surface area contributed by atoms with Crippen molar-refractivity contribution in [2.24, 2.45) is 0 Å². The van der Waals surface area contributed by atoms with Gasteiger partial charge in [-0.2, -0.15) is 0 Å². The van der Waals surface area contributed by atoms with E-state index in [1.807, 2.05) is 4.90 Å². The summed E-state index contributed by atoms with van der Waals surface area (Å²) in [5.41, 5.74) is 1.19. The molecule has 0 amide bonds. The van der Waals surface area contributed by atoms with E-state index in [1.165, 1.54) is 9.13 Å². The number of carbonyl (C=O) groups is 1. The van der Waals surface area contributed by atoms with E-state index in [2.05, 4.69) is 46.9 Å². The van der Waals surface area contributed by atoms with Gasteiger partial charge in [0.2, 0.25) is 0 Å². The van der Waals surface area contributed by atoms with E-state index in [1.54, 1.807) is 0 Å². The lowest BCUT2D eigenvalue weighted by Gasteiger charge is -2.20. The van der Waals surface area contributed by atoms with Gasteiger partial charge < -0.3 is 5.11 Å². The third kappa shape index (κ3) is 2.74. The summed E-state index contributed by atoms with van der Waals surface area (Å²) in [6.07, 6.45) is 1.76. The van der Waals surface area contributed by atoms with Gasteiger partial charge in [0.1, 0.15) is 6.04 Å². The molecule has 4 heteroatoms. The van der Waals surface area contributed by atoms with Crippen molar-refractivity contribution < 1.29 is 9.90 Å². The van der Waals surface area contributed by atoms with E-state index < -0.39 is 5.97 Å². The van der Waals surface area contributed by atoms with Crippen molar-refractivity contribution in [1.82, 2.24) is 4.90 Å². The Bertz CT molecular complexity index is 377. The Morgan fingerprint density at radius 3 is 2.75 bits per heavy atom. The second-order valence-electron chi connectivity index (χ2n) is 4.09. The molecular weight excluding hydrogens is 317 g/mol. The number of carboxylic acids is 1. The van der Waals surface area contributed by atoms with Gasteiger partial charge in [0.25, 0.3) is 0 Å². The second-order valence-corrected chi connectivity index (χ2v) is 5.34. The van der Waals surface area contributed by atoms with Crippen molar-refractivity contribution in [1.29, 1.82) is 0 Å². The highest BCUT2D eigenvalue weighted by Crippen LogP contribution is 2.20. The molecule has 3 nitrogen and oxygen atoms in total. The molecule has 1 heterocycles. The van der Waals surface area contributed by atoms with Crippen LogP contribution in [-0.2, 0) is 11.3 Å². The van der Waals surface area contributed by atoms with Gasteiger partial charge in [-0.25, -0.2) is 0 Å². The fourth-order valence-corrected chi connectivity index (χ4v) is 2.48. The van der Waals surface area contributed by atoms with E-state index in [9.17, 15) is 4.79 Å². The molecule has 0 spiro atoms. The third-order valence-electron chi connectivity index (χ3n) is 2.95. The summed E-state index contributed by atoms with van der Waals surface area (Å²) in [4.78, 5) is 13.1. The van der Waals surface area contributed by atoms with Crippen LogP contribution in [0.15, 0.2) is 24.3 Å². The Morgan fingerprint density at radius 1 is 1.44 bits per heavy atom. The fraction of sp³-hybridized carbons (Fsp3) is 0.417. The van der Waals surface area contributed by atoms with Gasteiger partial charge >= 0.3 is 5.97 Å². The number of halogens is 1. The van der Waals surface area contributed by atoms with E-state index in [4.69, 9.17) is 5.11 Å². The standard InChI is InChI=1S/C12H14INO2/c13-10-5-3-9(4-6-10)8-14-7-1-2-11(14)12(15)16/h3-6,11H,1-2,7-8H2,(H,15,16)/t11-/m0/s1. The van der Waals surface area contributed by atoms with Crippen LogP contribution in [-0.4, -0.2) is 28.6 Å². The average molecular weight is 331 g/mol. The molecule has 1 atom stereocenters. The lowest BCUT2D eigenvalue weighted by Crippen LogP contribution is -2.35. The summed E-state index contributed by atoms with van der Waals surface area (Å²) >= 11 is 2.27. The Balaban J connectivity index is 2.03. The van der Waals surface area contributed by atoms with Crippen molar-refractivity contribution in [2.45, 2.75) is 25.4 Å². The largest absolute Gasteiger partial charge is 0.480 e. The number of nitrogens with zero attached hydrogens (tertiary/aromatic N) is 1. The Hall–Kier alpha value is -0.620. The lowest BCUT2D eigenvalue weighted by atomic mass is 10.2. The van der Waals surface area contributed by atoms with Crippen LogP contribution < -0.4 is 0 Å². The van der Waals surface area contributed by atoms with Crippen molar-refractivity contribution in [3.63, 3.8) is 0 Å². The number of carboxylic acid groups (broad SMARTS) is 1. The number of hydrogen-bond donors (Lipinski definition) is 1. The fourth-order valence-electron chi connectivity index (χ4n) is 2.12. The van der Waals surface area contributed by atoms with Crippen molar-refractivity contribution in [3.05, 3.63) is 33.4 Å². The molecule has 2 rings (SSSR count). The highest BCUT2D eigenvalue weighted by Gasteiger charge is 2.29. The predicted octanol–water partition coefficient (Wildman–Crippen LogP) is 2.34. The van der Waals surface area contributed by atoms with Crippen LogP contribution >= 0.6 is 22.6 Å². The van der Waals surface area contributed by atoms with Crippen LogP contribution in [0.25, 0.3) is 0 Å². The minimum Gasteiger partial charge on any atom is -0.480 e. The van der Waals surface area contributed by atoms with Crippen LogP contribution in [0, 0.1) is 3.57 Å². The van der Waals surface area contributed by atoms with Gasteiger partial charge in [0.15, 0.2) is 0 Å². The molecular formula is C12H14INO2. The molecule has 0 aliphatic carbocycles. The normalized spacial score (nSPS) is 21.2. The number of rotatable bonds is 3. The zero-order valence-electron chi connectivity index (χ0n) is 8.90. The first-order valence-electron chi connectivity index (χ1n) is 5.38. The molecule has 1 aliphatic heterocycles. The van der Waals surface area contributed by atoms with E-state index in [-0.39, 0.29) is 6.04 Å². The van der Waals surface area contributed by atoms with Crippen molar-refractivity contribution in [3.8, 4) is 0 Å². The minimum atomic E-state index is -0.692. The highest BCUT2D eigenvalue weighted by atomic mass is 127. The SMILES string of the molecule is O=C(O)[C@@H]1CCCN1Cc1ccc(I)cc1. The van der Waals surface area contributed by atoms with Crippen LogP contribution in [0.2, 0.25) is 0 Å². The Morgan fingerprint density at radius 2 is 2.12 bits per heavy atom. The number of hydrogen-bond acceptors (Lipinski definition) is 2. The molecule has 1 aromatic rings. The average Bonchev–Trinajstić information content (AvgIpc) is 2.69. The predicted molar refractivity (Wildman–Crippen MR) is 70.2 cm³/mol. The molecule has 16 heavy (non-hydrogen) atoms. The molecule has 1 saturated heterocycles. The smallest absolute Gasteiger partial charge is 0.320 e. The zero-order valence-corrected chi connectivity index (χ0v) is 11.1. The quantitative estimate of drug-likeness (QED) is 0.865. The van der Waals surface area contributed by atoms with Gasteiger partial charge in [0.05, 0.1) is 0 Å². The highest BCUT2D eigenvalue weighted by molar-refractivity contribution is 14.1. The molecule has 0 saturated carbocycles. The van der Waals surface area contributed by atoms with Crippen LogP contribution in [0.5, 0.6) is 0 Å². The minimum absolute atomic E-state index is 0.292. The molecule has 1 N–H and O–H groups in total. The van der Waals surface area contributed by atoms with Gasteiger partial charge in [-0.15, -0.1) is 0 Å². The van der Waals surface area contributed by atoms with Crippen molar-refractivity contribution >= 4 is 28.6 Å². The summed E-state index contributed by atoms with van der Waals surface area (Å²) in [5, 5.41) is 9.06. The van der Waals surface area contributed by atoms with Crippen LogP contribution in [0.1, 0.15) is 18.4 Å². The zero-order chi connectivity index (χ0) is 11.5. The first-order valence-corrected chi connectivity index (χ1v) is 6.46. The Kier molecular flexibility index (Phi) is 3.81. The van der Waals surface area contributed by atoms with E-state index >= 15 is 0 Å². The molecule has 1 aromatic carbocycles. The van der Waals surface area contributed by atoms with E-state index in [0.717, 1.165) is 25.9 Å². The Labute approximate surface area is 109 Å². The van der Waals surface area contributed by atoms with Crippen LogP contribution in [0.3, 0.4) is 0 Å². The number of aliphatic carboxylic acids is 1. The molecule has 0 bridgehead atoms. The summed E-state index contributed by atoms with van der Waals surface area (Å²) in [6.45, 7) is 1.64. The van der Waals surface area contributed by atoms with Crippen molar-refractivity contribution in [2.75, 3.05) is 6.54 Å². The van der Waals surface area contributed by atoms with E-state index in [0.29, 0.717) is 0 Å². The molecule has 0 radical (unpaired) electrons.